The maximum absolute atomic E-state index is 11.6. The summed E-state index contributed by atoms with van der Waals surface area (Å²) < 4.78 is 0. The van der Waals surface area contributed by atoms with E-state index in [2.05, 4.69) is 22.6 Å². The molecular formula is C13H25N3O3. The lowest BCUT2D eigenvalue weighted by atomic mass is 10.0. The molecule has 3 N–H and O–H groups in total. The number of carboxylic acids is 1. The molecule has 0 bridgehead atoms. The summed E-state index contributed by atoms with van der Waals surface area (Å²) in [5, 5.41) is 14.3. The van der Waals surface area contributed by atoms with Crippen molar-refractivity contribution in [3.63, 3.8) is 0 Å². The third-order valence-corrected chi connectivity index (χ3v) is 3.76. The standard InChI is InChI=1S/C13H25N3O3/c1-3-10(7-12(17)18)8-14-13(19)15-9-11-5-4-6-16(11)2/h10-11H,3-9H2,1-2H3,(H,17,18)(H2,14,15,19). The third kappa shape index (κ3) is 5.92. The van der Waals surface area contributed by atoms with Crippen LogP contribution >= 0.6 is 0 Å². The molecule has 1 fully saturated rings. The first-order valence-corrected chi connectivity index (χ1v) is 6.96. The van der Waals surface area contributed by atoms with E-state index in [0.29, 0.717) is 19.1 Å². The van der Waals surface area contributed by atoms with E-state index in [4.69, 9.17) is 5.11 Å². The molecule has 6 heteroatoms. The molecular weight excluding hydrogens is 246 g/mol. The minimum atomic E-state index is -0.818. The first-order chi connectivity index (χ1) is 9.02. The van der Waals surface area contributed by atoms with E-state index >= 15 is 0 Å². The molecule has 1 aliphatic rings. The van der Waals surface area contributed by atoms with Gasteiger partial charge in [0.05, 0.1) is 0 Å². The van der Waals surface area contributed by atoms with Gasteiger partial charge in [0.1, 0.15) is 0 Å². The van der Waals surface area contributed by atoms with E-state index in [0.717, 1.165) is 19.4 Å². The molecule has 6 nitrogen and oxygen atoms in total. The second-order valence-corrected chi connectivity index (χ2v) is 5.24. The number of nitrogens with zero attached hydrogens (tertiary/aromatic N) is 1. The summed E-state index contributed by atoms with van der Waals surface area (Å²) in [5.74, 6) is -0.820. The lowest BCUT2D eigenvalue weighted by Crippen LogP contribution is -2.44. The van der Waals surface area contributed by atoms with Crippen molar-refractivity contribution in [1.29, 1.82) is 0 Å². The number of carboxylic acid groups (broad SMARTS) is 1. The van der Waals surface area contributed by atoms with Crippen molar-refractivity contribution in [2.45, 2.75) is 38.6 Å². The van der Waals surface area contributed by atoms with Crippen molar-refractivity contribution >= 4 is 12.0 Å². The quantitative estimate of drug-likeness (QED) is 0.642. The van der Waals surface area contributed by atoms with E-state index in [1.165, 1.54) is 6.42 Å². The van der Waals surface area contributed by atoms with Gasteiger partial charge in [-0.15, -0.1) is 0 Å². The van der Waals surface area contributed by atoms with Crippen LogP contribution in [0.2, 0.25) is 0 Å². The van der Waals surface area contributed by atoms with Crippen LogP contribution < -0.4 is 10.6 Å². The Kier molecular flexibility index (Phi) is 6.62. The fourth-order valence-electron chi connectivity index (χ4n) is 2.36. The number of likely N-dealkylation sites (tertiary alicyclic amines) is 1. The van der Waals surface area contributed by atoms with Crippen LogP contribution in [-0.2, 0) is 4.79 Å². The average molecular weight is 271 g/mol. The zero-order valence-electron chi connectivity index (χ0n) is 11.8. The molecule has 0 spiro atoms. The van der Waals surface area contributed by atoms with Gasteiger partial charge in [0, 0.05) is 25.6 Å². The summed E-state index contributed by atoms with van der Waals surface area (Å²) in [6, 6.07) is 0.218. The molecule has 2 atom stereocenters. The molecule has 1 heterocycles. The number of likely N-dealkylation sites (N-methyl/N-ethyl adjacent to an activating group) is 1. The summed E-state index contributed by atoms with van der Waals surface area (Å²) in [5.41, 5.74) is 0. The van der Waals surface area contributed by atoms with Gasteiger partial charge in [-0.05, 0) is 32.4 Å². The summed E-state index contributed by atoms with van der Waals surface area (Å²) in [6.45, 7) is 4.08. The van der Waals surface area contributed by atoms with Crippen molar-refractivity contribution in [3.05, 3.63) is 0 Å². The summed E-state index contributed by atoms with van der Waals surface area (Å²) >= 11 is 0. The van der Waals surface area contributed by atoms with Gasteiger partial charge in [-0.2, -0.15) is 0 Å². The van der Waals surface area contributed by atoms with E-state index in [1.54, 1.807) is 0 Å². The van der Waals surface area contributed by atoms with Gasteiger partial charge in [-0.25, -0.2) is 4.79 Å². The van der Waals surface area contributed by atoms with Crippen LogP contribution in [-0.4, -0.2) is 54.7 Å². The first-order valence-electron chi connectivity index (χ1n) is 6.96. The van der Waals surface area contributed by atoms with Crippen LogP contribution in [0.1, 0.15) is 32.6 Å². The molecule has 110 valence electrons. The van der Waals surface area contributed by atoms with Crippen molar-refractivity contribution in [2.75, 3.05) is 26.7 Å². The lowest BCUT2D eigenvalue weighted by Gasteiger charge is -2.20. The van der Waals surface area contributed by atoms with E-state index in [-0.39, 0.29) is 18.4 Å². The molecule has 1 aliphatic heterocycles. The molecule has 0 aromatic carbocycles. The second-order valence-electron chi connectivity index (χ2n) is 5.24. The lowest BCUT2D eigenvalue weighted by molar-refractivity contribution is -0.138. The maximum Gasteiger partial charge on any atom is 0.314 e. The van der Waals surface area contributed by atoms with Gasteiger partial charge in [0.2, 0.25) is 0 Å². The minimum absolute atomic E-state index is 0.00240. The Labute approximate surface area is 114 Å². The Morgan fingerprint density at radius 2 is 2.16 bits per heavy atom. The molecule has 0 saturated carbocycles. The van der Waals surface area contributed by atoms with Crippen LogP contribution in [0.15, 0.2) is 0 Å². The molecule has 0 aliphatic carbocycles. The Morgan fingerprint density at radius 1 is 1.42 bits per heavy atom. The van der Waals surface area contributed by atoms with Crippen LogP contribution in [0.25, 0.3) is 0 Å². The predicted octanol–water partition coefficient (Wildman–Crippen LogP) is 0.881. The zero-order valence-corrected chi connectivity index (χ0v) is 11.8. The van der Waals surface area contributed by atoms with Gasteiger partial charge >= 0.3 is 12.0 Å². The fourth-order valence-corrected chi connectivity index (χ4v) is 2.36. The van der Waals surface area contributed by atoms with Gasteiger partial charge < -0.3 is 20.6 Å². The second kappa shape index (κ2) is 7.99. The van der Waals surface area contributed by atoms with E-state index in [9.17, 15) is 9.59 Å². The Hall–Kier alpha value is -1.30. The monoisotopic (exact) mass is 271 g/mol. The van der Waals surface area contributed by atoms with Crippen LogP contribution in [0, 0.1) is 5.92 Å². The molecule has 1 saturated heterocycles. The third-order valence-electron chi connectivity index (χ3n) is 3.76. The molecule has 2 unspecified atom stereocenters. The molecule has 19 heavy (non-hydrogen) atoms. The molecule has 0 radical (unpaired) electrons. The highest BCUT2D eigenvalue weighted by Gasteiger charge is 2.21. The number of aliphatic carboxylic acids is 1. The van der Waals surface area contributed by atoms with E-state index in [1.807, 2.05) is 6.92 Å². The minimum Gasteiger partial charge on any atom is -0.481 e. The number of hydrogen-bond acceptors (Lipinski definition) is 3. The molecule has 1 rings (SSSR count). The highest BCUT2D eigenvalue weighted by Crippen LogP contribution is 2.13. The highest BCUT2D eigenvalue weighted by atomic mass is 16.4. The normalized spacial score (nSPS) is 21.1. The van der Waals surface area contributed by atoms with Crippen LogP contribution in [0.3, 0.4) is 0 Å². The number of hydrogen-bond donors (Lipinski definition) is 3. The zero-order chi connectivity index (χ0) is 14.3. The number of carbonyl (C=O) groups excluding carboxylic acids is 1. The van der Waals surface area contributed by atoms with Gasteiger partial charge in [0.25, 0.3) is 0 Å². The van der Waals surface area contributed by atoms with Gasteiger partial charge in [0.15, 0.2) is 0 Å². The van der Waals surface area contributed by atoms with Crippen molar-refractivity contribution < 1.29 is 14.7 Å². The molecule has 0 aromatic rings. The van der Waals surface area contributed by atoms with Gasteiger partial charge in [-0.1, -0.05) is 13.3 Å². The Bertz CT molecular complexity index is 310. The number of nitrogens with one attached hydrogen (secondary N) is 2. The number of carbonyl (C=O) groups is 2. The van der Waals surface area contributed by atoms with Gasteiger partial charge in [-0.3, -0.25) is 4.79 Å². The Balaban J connectivity index is 2.17. The summed E-state index contributed by atoms with van der Waals surface area (Å²) in [7, 11) is 2.07. The fraction of sp³-hybridized carbons (Fsp3) is 0.846. The highest BCUT2D eigenvalue weighted by molar-refractivity contribution is 5.74. The maximum atomic E-state index is 11.6. The van der Waals surface area contributed by atoms with Crippen molar-refractivity contribution in [1.82, 2.24) is 15.5 Å². The predicted molar refractivity (Wildman–Crippen MR) is 73.1 cm³/mol. The molecule has 2 amide bonds. The average Bonchev–Trinajstić information content (AvgIpc) is 2.77. The Morgan fingerprint density at radius 3 is 2.68 bits per heavy atom. The summed E-state index contributed by atoms with van der Waals surface area (Å²) in [6.07, 6.45) is 3.15. The first kappa shape index (κ1) is 15.8. The van der Waals surface area contributed by atoms with Crippen LogP contribution in [0.5, 0.6) is 0 Å². The molecule has 0 aromatic heterocycles. The van der Waals surface area contributed by atoms with Crippen molar-refractivity contribution in [3.8, 4) is 0 Å². The number of amides is 2. The topological polar surface area (TPSA) is 81.7 Å². The number of rotatable bonds is 7. The van der Waals surface area contributed by atoms with Crippen molar-refractivity contribution in [2.24, 2.45) is 5.92 Å². The number of urea groups is 1. The van der Waals surface area contributed by atoms with E-state index < -0.39 is 5.97 Å². The largest absolute Gasteiger partial charge is 0.481 e. The SMILES string of the molecule is CCC(CNC(=O)NCC1CCCN1C)CC(=O)O. The summed E-state index contributed by atoms with van der Waals surface area (Å²) in [4.78, 5) is 24.5. The van der Waals surface area contributed by atoms with Crippen LogP contribution in [0.4, 0.5) is 4.79 Å². The smallest absolute Gasteiger partial charge is 0.314 e.